The molecule has 0 radical (unpaired) electrons. The molecule has 1 heterocycles. The number of hydrogen-bond acceptors (Lipinski definition) is 5. The van der Waals surface area contributed by atoms with Crippen molar-refractivity contribution in [1.29, 1.82) is 0 Å². The first-order valence-electron chi connectivity index (χ1n) is 9.01. The fraction of sp³-hybridized carbons (Fsp3) is 0.450. The van der Waals surface area contributed by atoms with Gasteiger partial charge in [0.15, 0.2) is 5.82 Å². The van der Waals surface area contributed by atoms with Crippen LogP contribution in [-0.4, -0.2) is 54.3 Å². The van der Waals surface area contributed by atoms with Crippen molar-refractivity contribution in [3.63, 3.8) is 0 Å². The molecule has 2 rings (SSSR count). The van der Waals surface area contributed by atoms with E-state index in [0.29, 0.717) is 0 Å². The van der Waals surface area contributed by atoms with Crippen molar-refractivity contribution >= 4 is 29.7 Å². The molecular weight excluding hydrogens is 386 g/mol. The highest BCUT2D eigenvalue weighted by atomic mass is 19.1. The summed E-state index contributed by atoms with van der Waals surface area (Å²) in [6.07, 6.45) is -0.171. The Balaban J connectivity index is 2.17. The number of alkyl halides is 1. The molecule has 29 heavy (non-hydrogen) atoms. The molecule has 0 saturated carbocycles. The van der Waals surface area contributed by atoms with Crippen LogP contribution < -0.4 is 5.32 Å². The van der Waals surface area contributed by atoms with Crippen LogP contribution in [0.3, 0.4) is 0 Å². The number of carbonyl (C=O) groups excluding carboxylic acids is 3. The Bertz CT molecular complexity index is 820. The van der Waals surface area contributed by atoms with E-state index >= 15 is 0 Å². The maximum atomic E-state index is 14.6. The molecule has 1 aromatic rings. The number of methoxy groups -OCH3 is 1. The lowest BCUT2D eigenvalue weighted by Crippen LogP contribution is -2.45. The van der Waals surface area contributed by atoms with Crippen LogP contribution in [0.25, 0.3) is 6.08 Å². The van der Waals surface area contributed by atoms with E-state index in [9.17, 15) is 23.2 Å². The number of anilines is 1. The molecule has 1 aliphatic rings. The Kier molecular flexibility index (Phi) is 6.94. The first kappa shape index (κ1) is 22.3. The largest absolute Gasteiger partial charge is 0.466 e. The van der Waals surface area contributed by atoms with Crippen molar-refractivity contribution in [3.05, 3.63) is 35.7 Å². The van der Waals surface area contributed by atoms with Gasteiger partial charge in [-0.1, -0.05) is 12.1 Å². The summed E-state index contributed by atoms with van der Waals surface area (Å²) in [4.78, 5) is 37.1. The topological polar surface area (TPSA) is 84.9 Å². The quantitative estimate of drug-likeness (QED) is 0.608. The van der Waals surface area contributed by atoms with Crippen molar-refractivity contribution in [1.82, 2.24) is 4.90 Å². The number of hydrogen-bond donors (Lipinski definition) is 1. The number of esters is 1. The number of carbonyl (C=O) groups is 3. The van der Waals surface area contributed by atoms with Crippen LogP contribution in [0.15, 0.2) is 24.3 Å². The fourth-order valence-corrected chi connectivity index (χ4v) is 2.77. The molecule has 0 spiro atoms. The highest BCUT2D eigenvalue weighted by Gasteiger charge is 2.41. The van der Waals surface area contributed by atoms with Crippen molar-refractivity contribution in [3.8, 4) is 0 Å². The zero-order valence-corrected chi connectivity index (χ0v) is 16.7. The fourth-order valence-electron chi connectivity index (χ4n) is 2.77. The van der Waals surface area contributed by atoms with Crippen molar-refractivity contribution in [2.75, 3.05) is 19.0 Å². The lowest BCUT2D eigenvalue weighted by atomic mass is 10.1. The van der Waals surface area contributed by atoms with Crippen LogP contribution in [0.1, 0.15) is 32.8 Å². The zero-order valence-electron chi connectivity index (χ0n) is 16.7. The van der Waals surface area contributed by atoms with Gasteiger partial charge in [-0.05, 0) is 32.9 Å². The van der Waals surface area contributed by atoms with Gasteiger partial charge in [0.1, 0.15) is 17.8 Å². The van der Waals surface area contributed by atoms with Crippen LogP contribution in [0.4, 0.5) is 19.3 Å². The van der Waals surface area contributed by atoms with E-state index in [2.05, 4.69) is 10.1 Å². The second-order valence-corrected chi connectivity index (χ2v) is 7.54. The molecule has 2 amide bonds. The molecule has 9 heteroatoms. The minimum atomic E-state index is -1.39. The van der Waals surface area contributed by atoms with E-state index < -0.39 is 41.6 Å². The van der Waals surface area contributed by atoms with Gasteiger partial charge in [-0.3, -0.25) is 9.69 Å². The molecule has 1 saturated heterocycles. The molecule has 0 bridgehead atoms. The number of rotatable bonds is 4. The van der Waals surface area contributed by atoms with Crippen molar-refractivity contribution in [2.24, 2.45) is 0 Å². The molecule has 2 atom stereocenters. The van der Waals surface area contributed by atoms with Gasteiger partial charge >= 0.3 is 12.1 Å². The highest BCUT2D eigenvalue weighted by Crippen LogP contribution is 2.26. The minimum absolute atomic E-state index is 0.0481. The monoisotopic (exact) mass is 410 g/mol. The Morgan fingerprint density at radius 2 is 1.97 bits per heavy atom. The summed E-state index contributed by atoms with van der Waals surface area (Å²) in [6, 6.07) is 3.08. The van der Waals surface area contributed by atoms with Gasteiger partial charge in [0.2, 0.25) is 5.91 Å². The molecule has 158 valence electrons. The van der Waals surface area contributed by atoms with Crippen LogP contribution in [-0.2, 0) is 19.1 Å². The van der Waals surface area contributed by atoms with E-state index in [4.69, 9.17) is 4.74 Å². The van der Waals surface area contributed by atoms with Gasteiger partial charge in [-0.2, -0.15) is 0 Å². The van der Waals surface area contributed by atoms with E-state index in [0.717, 1.165) is 11.0 Å². The highest BCUT2D eigenvalue weighted by molar-refractivity contribution is 5.97. The summed E-state index contributed by atoms with van der Waals surface area (Å²) in [7, 11) is 1.19. The average Bonchev–Trinajstić information content (AvgIpc) is 3.03. The smallest absolute Gasteiger partial charge is 0.411 e. The number of nitrogens with one attached hydrogen (secondary N) is 1. The second-order valence-electron chi connectivity index (χ2n) is 7.54. The van der Waals surface area contributed by atoms with Crippen LogP contribution in [0.2, 0.25) is 0 Å². The molecular formula is C20H24F2N2O5. The van der Waals surface area contributed by atoms with Gasteiger partial charge in [-0.15, -0.1) is 0 Å². The van der Waals surface area contributed by atoms with Crippen LogP contribution in [0, 0.1) is 5.82 Å². The van der Waals surface area contributed by atoms with E-state index in [1.165, 1.54) is 31.4 Å². The van der Waals surface area contributed by atoms with Gasteiger partial charge in [0.05, 0.1) is 19.3 Å². The number of amides is 2. The summed E-state index contributed by atoms with van der Waals surface area (Å²) in [5, 5.41) is 2.38. The van der Waals surface area contributed by atoms with E-state index in [-0.39, 0.29) is 24.2 Å². The normalized spacial score (nSPS) is 19.3. The summed E-state index contributed by atoms with van der Waals surface area (Å²) < 4.78 is 38.2. The SMILES string of the molecule is COC(=O)/C=C/c1cccc(NC(=O)[C@@H]2C[C@@H](F)CN2C(=O)OC(C)(C)C)c1F. The average molecular weight is 410 g/mol. The minimum Gasteiger partial charge on any atom is -0.466 e. The summed E-state index contributed by atoms with van der Waals surface area (Å²) in [6.45, 7) is 4.69. The summed E-state index contributed by atoms with van der Waals surface area (Å²) >= 11 is 0. The number of ether oxygens (including phenoxy) is 2. The Hall–Kier alpha value is -2.97. The number of likely N-dealkylation sites (tertiary alicyclic amines) is 1. The third kappa shape index (κ3) is 6.00. The van der Waals surface area contributed by atoms with Gasteiger partial charge in [-0.25, -0.2) is 18.4 Å². The first-order chi connectivity index (χ1) is 13.5. The Labute approximate surface area is 167 Å². The van der Waals surface area contributed by atoms with Crippen LogP contribution in [0.5, 0.6) is 0 Å². The molecule has 1 fully saturated rings. The van der Waals surface area contributed by atoms with Gasteiger partial charge in [0.25, 0.3) is 0 Å². The predicted molar refractivity (Wildman–Crippen MR) is 102 cm³/mol. The molecule has 1 aromatic carbocycles. The predicted octanol–water partition coefficient (Wildman–Crippen LogP) is 3.30. The molecule has 0 unspecified atom stereocenters. The zero-order chi connectivity index (χ0) is 21.8. The maximum absolute atomic E-state index is 14.6. The van der Waals surface area contributed by atoms with Gasteiger partial charge in [0, 0.05) is 18.1 Å². The summed E-state index contributed by atoms with van der Waals surface area (Å²) in [5.41, 5.74) is -0.917. The van der Waals surface area contributed by atoms with Gasteiger partial charge < -0.3 is 14.8 Å². The molecule has 0 aliphatic carbocycles. The third-order valence-electron chi connectivity index (χ3n) is 4.07. The standard InChI is InChI=1S/C20H24F2N2O5/c1-20(2,3)29-19(27)24-11-13(21)10-15(24)18(26)23-14-7-5-6-12(17(14)22)8-9-16(25)28-4/h5-9,13,15H,10-11H2,1-4H3,(H,23,26)/b9-8+/t13-,15+/m1/s1. The maximum Gasteiger partial charge on any atom is 0.411 e. The van der Waals surface area contributed by atoms with Crippen molar-refractivity contribution in [2.45, 2.75) is 45.0 Å². The summed E-state index contributed by atoms with van der Waals surface area (Å²) in [5.74, 6) is -2.17. The Morgan fingerprint density at radius 1 is 1.28 bits per heavy atom. The third-order valence-corrected chi connectivity index (χ3v) is 4.07. The number of halogens is 2. The number of nitrogens with zero attached hydrogens (tertiary/aromatic N) is 1. The lowest BCUT2D eigenvalue weighted by Gasteiger charge is -2.27. The molecule has 1 aliphatic heterocycles. The second kappa shape index (κ2) is 9.02. The molecule has 1 N–H and O–H groups in total. The lowest BCUT2D eigenvalue weighted by molar-refractivity contribution is -0.134. The van der Waals surface area contributed by atoms with Crippen molar-refractivity contribution < 1.29 is 32.6 Å². The number of benzene rings is 1. The molecule has 0 aromatic heterocycles. The van der Waals surface area contributed by atoms with Crippen LogP contribution >= 0.6 is 0 Å². The molecule has 7 nitrogen and oxygen atoms in total. The van der Waals surface area contributed by atoms with E-state index in [1.807, 2.05) is 0 Å². The Morgan fingerprint density at radius 3 is 2.59 bits per heavy atom. The first-order valence-corrected chi connectivity index (χ1v) is 9.01. The van der Waals surface area contributed by atoms with E-state index in [1.54, 1.807) is 20.8 Å².